The Morgan fingerprint density at radius 2 is 1.84 bits per heavy atom. The molecule has 2 aromatic carbocycles. The van der Waals surface area contributed by atoms with Crippen molar-refractivity contribution in [2.24, 2.45) is 0 Å². The first-order valence-corrected chi connectivity index (χ1v) is 8.47. The summed E-state index contributed by atoms with van der Waals surface area (Å²) in [4.78, 5) is 14.0. The third-order valence-electron chi connectivity index (χ3n) is 3.88. The Morgan fingerprint density at radius 1 is 1.08 bits per heavy atom. The molecule has 0 aliphatic rings. The van der Waals surface area contributed by atoms with E-state index in [-0.39, 0.29) is 6.03 Å². The first-order chi connectivity index (χ1) is 12.1. The van der Waals surface area contributed by atoms with E-state index in [9.17, 15) is 4.79 Å². The summed E-state index contributed by atoms with van der Waals surface area (Å²) in [5.74, 6) is 0. The molecular weight excluding hydrogens is 314 g/mol. The number of benzene rings is 2. The molecule has 0 fully saturated rings. The van der Waals surface area contributed by atoms with Crippen molar-refractivity contribution < 1.29 is 9.53 Å². The fourth-order valence-corrected chi connectivity index (χ4v) is 2.54. The Hall–Kier alpha value is -2.53. The standard InChI is InChI=1S/C20H27N3O2/c1-23(2)19-11-9-16(10-12-19)7-5-13-21-20(24)22-18-8-4-6-17(14-18)15-25-3/h4,6,8-12,14H,5,7,13,15H2,1-3H3,(H2,21,22,24). The van der Waals surface area contributed by atoms with Crippen LogP contribution in [0.1, 0.15) is 17.5 Å². The van der Waals surface area contributed by atoms with Gasteiger partial charge < -0.3 is 20.3 Å². The van der Waals surface area contributed by atoms with Gasteiger partial charge in [-0.25, -0.2) is 4.79 Å². The van der Waals surface area contributed by atoms with E-state index < -0.39 is 0 Å². The van der Waals surface area contributed by atoms with Gasteiger partial charge in [0.1, 0.15) is 0 Å². The van der Waals surface area contributed by atoms with Crippen molar-refractivity contribution in [3.8, 4) is 0 Å². The molecule has 0 unspecified atom stereocenters. The predicted molar refractivity (Wildman–Crippen MR) is 103 cm³/mol. The molecule has 0 aliphatic carbocycles. The molecule has 5 nitrogen and oxygen atoms in total. The lowest BCUT2D eigenvalue weighted by Crippen LogP contribution is -2.29. The topological polar surface area (TPSA) is 53.6 Å². The molecule has 0 saturated carbocycles. The maximum Gasteiger partial charge on any atom is 0.319 e. The number of nitrogens with zero attached hydrogens (tertiary/aromatic N) is 1. The van der Waals surface area contributed by atoms with Gasteiger partial charge in [-0.1, -0.05) is 24.3 Å². The number of anilines is 2. The lowest BCUT2D eigenvalue weighted by atomic mass is 10.1. The number of ether oxygens (including phenoxy) is 1. The van der Waals surface area contributed by atoms with Gasteiger partial charge in [0.25, 0.3) is 0 Å². The second kappa shape index (κ2) is 9.69. The summed E-state index contributed by atoms with van der Waals surface area (Å²) in [7, 11) is 5.71. The van der Waals surface area contributed by atoms with Crippen LogP contribution in [0.4, 0.5) is 16.2 Å². The van der Waals surface area contributed by atoms with Gasteiger partial charge in [-0.05, 0) is 48.2 Å². The molecule has 2 N–H and O–H groups in total. The minimum Gasteiger partial charge on any atom is -0.380 e. The molecule has 0 bridgehead atoms. The number of carbonyl (C=O) groups excluding carboxylic acids is 1. The van der Waals surface area contributed by atoms with Gasteiger partial charge in [-0.2, -0.15) is 0 Å². The minimum absolute atomic E-state index is 0.183. The zero-order valence-electron chi connectivity index (χ0n) is 15.2. The molecule has 0 atom stereocenters. The summed E-state index contributed by atoms with van der Waals surface area (Å²) < 4.78 is 5.10. The zero-order chi connectivity index (χ0) is 18.1. The number of hydrogen-bond donors (Lipinski definition) is 2. The van der Waals surface area contributed by atoms with Crippen molar-refractivity contribution in [2.45, 2.75) is 19.4 Å². The summed E-state index contributed by atoms with van der Waals surface area (Å²) in [6.45, 7) is 1.17. The van der Waals surface area contributed by atoms with Crippen molar-refractivity contribution in [3.05, 3.63) is 59.7 Å². The fourth-order valence-electron chi connectivity index (χ4n) is 2.54. The van der Waals surface area contributed by atoms with Gasteiger partial charge in [-0.3, -0.25) is 0 Å². The quantitative estimate of drug-likeness (QED) is 0.721. The molecule has 25 heavy (non-hydrogen) atoms. The monoisotopic (exact) mass is 341 g/mol. The van der Waals surface area contributed by atoms with Crippen LogP contribution in [0.5, 0.6) is 0 Å². The zero-order valence-corrected chi connectivity index (χ0v) is 15.2. The van der Waals surface area contributed by atoms with E-state index in [1.54, 1.807) is 7.11 Å². The van der Waals surface area contributed by atoms with Gasteiger partial charge in [0, 0.05) is 39.1 Å². The van der Waals surface area contributed by atoms with Crippen molar-refractivity contribution >= 4 is 17.4 Å². The van der Waals surface area contributed by atoms with Crippen LogP contribution in [0.3, 0.4) is 0 Å². The fraction of sp³-hybridized carbons (Fsp3) is 0.350. The molecular formula is C20H27N3O2. The van der Waals surface area contributed by atoms with Crippen molar-refractivity contribution in [3.63, 3.8) is 0 Å². The number of carbonyl (C=O) groups is 1. The average Bonchev–Trinajstić information content (AvgIpc) is 2.60. The molecule has 0 saturated heterocycles. The van der Waals surface area contributed by atoms with Crippen LogP contribution in [0, 0.1) is 0 Å². The molecule has 5 heteroatoms. The first kappa shape index (κ1) is 18.8. The van der Waals surface area contributed by atoms with Gasteiger partial charge in [0.05, 0.1) is 6.61 Å². The number of methoxy groups -OCH3 is 1. The van der Waals surface area contributed by atoms with Crippen LogP contribution in [0.2, 0.25) is 0 Å². The third kappa shape index (κ3) is 6.47. The Morgan fingerprint density at radius 3 is 2.52 bits per heavy atom. The van der Waals surface area contributed by atoms with E-state index in [2.05, 4.69) is 39.8 Å². The van der Waals surface area contributed by atoms with Gasteiger partial charge >= 0.3 is 6.03 Å². The van der Waals surface area contributed by atoms with E-state index in [0.717, 1.165) is 24.1 Å². The highest BCUT2D eigenvalue weighted by molar-refractivity contribution is 5.89. The van der Waals surface area contributed by atoms with Crippen LogP contribution in [0.15, 0.2) is 48.5 Å². The maximum absolute atomic E-state index is 12.0. The highest BCUT2D eigenvalue weighted by atomic mass is 16.5. The van der Waals surface area contributed by atoms with Crippen molar-refractivity contribution in [1.82, 2.24) is 5.32 Å². The lowest BCUT2D eigenvalue weighted by molar-refractivity contribution is 0.185. The molecule has 2 rings (SSSR count). The van der Waals surface area contributed by atoms with E-state index >= 15 is 0 Å². The van der Waals surface area contributed by atoms with Gasteiger partial charge in [-0.15, -0.1) is 0 Å². The predicted octanol–water partition coefficient (Wildman–Crippen LogP) is 3.65. The van der Waals surface area contributed by atoms with Gasteiger partial charge in [0.15, 0.2) is 0 Å². The summed E-state index contributed by atoms with van der Waals surface area (Å²) >= 11 is 0. The van der Waals surface area contributed by atoms with Crippen LogP contribution < -0.4 is 15.5 Å². The number of urea groups is 1. The first-order valence-electron chi connectivity index (χ1n) is 8.47. The van der Waals surface area contributed by atoms with Crippen LogP contribution in [0.25, 0.3) is 0 Å². The Kier molecular flexibility index (Phi) is 7.29. The molecule has 0 aliphatic heterocycles. The Labute approximate surface area is 150 Å². The van der Waals surface area contributed by atoms with E-state index in [4.69, 9.17) is 4.74 Å². The van der Waals surface area contributed by atoms with E-state index in [1.165, 1.54) is 11.3 Å². The minimum atomic E-state index is -0.183. The second-order valence-electron chi connectivity index (χ2n) is 6.18. The molecule has 2 amide bonds. The second-order valence-corrected chi connectivity index (χ2v) is 6.18. The third-order valence-corrected chi connectivity index (χ3v) is 3.88. The molecule has 0 heterocycles. The number of rotatable bonds is 8. The number of nitrogens with one attached hydrogen (secondary N) is 2. The molecule has 0 aromatic heterocycles. The SMILES string of the molecule is COCc1cccc(NC(=O)NCCCc2ccc(N(C)C)cc2)c1. The summed E-state index contributed by atoms with van der Waals surface area (Å²) in [6.07, 6.45) is 1.84. The van der Waals surface area contributed by atoms with Gasteiger partial charge in [0.2, 0.25) is 0 Å². The normalized spacial score (nSPS) is 10.4. The summed E-state index contributed by atoms with van der Waals surface area (Å²) in [6, 6.07) is 16.0. The average molecular weight is 341 g/mol. The van der Waals surface area contributed by atoms with Crippen LogP contribution >= 0.6 is 0 Å². The number of hydrogen-bond acceptors (Lipinski definition) is 3. The Bertz CT molecular complexity index is 669. The highest BCUT2D eigenvalue weighted by Crippen LogP contribution is 2.13. The lowest BCUT2D eigenvalue weighted by Gasteiger charge is -2.12. The summed E-state index contributed by atoms with van der Waals surface area (Å²) in [5, 5.41) is 5.74. The molecule has 2 aromatic rings. The summed E-state index contributed by atoms with van der Waals surface area (Å²) in [5.41, 5.74) is 4.27. The van der Waals surface area contributed by atoms with Crippen molar-refractivity contribution in [2.75, 3.05) is 38.0 Å². The molecule has 0 radical (unpaired) electrons. The largest absolute Gasteiger partial charge is 0.380 e. The maximum atomic E-state index is 12.0. The van der Waals surface area contributed by atoms with Crippen molar-refractivity contribution in [1.29, 1.82) is 0 Å². The van der Waals surface area contributed by atoms with Crippen LogP contribution in [-0.2, 0) is 17.8 Å². The van der Waals surface area contributed by atoms with Crippen LogP contribution in [-0.4, -0.2) is 33.8 Å². The van der Waals surface area contributed by atoms with E-state index in [0.29, 0.717) is 13.2 Å². The number of aryl methyl sites for hydroxylation is 1. The van der Waals surface area contributed by atoms with E-state index in [1.807, 2.05) is 38.4 Å². The number of amides is 2. The highest BCUT2D eigenvalue weighted by Gasteiger charge is 2.02. The smallest absolute Gasteiger partial charge is 0.319 e. The Balaban J connectivity index is 1.70. The molecule has 134 valence electrons. The molecule has 0 spiro atoms.